The topological polar surface area (TPSA) is 127 Å². The molecule has 2 saturated carbocycles. The van der Waals surface area contributed by atoms with E-state index in [9.17, 15) is 19.6 Å². The highest BCUT2D eigenvalue weighted by Crippen LogP contribution is 2.49. The maximum Gasteiger partial charge on any atom is 0.255 e. The molecule has 3 aliphatic heterocycles. The monoisotopic (exact) mass is 528 g/mol. The summed E-state index contributed by atoms with van der Waals surface area (Å²) in [5.41, 5.74) is 1.58. The molecule has 204 valence electrons. The Morgan fingerprint density at radius 2 is 2.03 bits per heavy atom. The number of hydrogen-bond donors (Lipinski definition) is 3. The van der Waals surface area contributed by atoms with Gasteiger partial charge in [0.15, 0.2) is 0 Å². The van der Waals surface area contributed by atoms with Crippen molar-refractivity contribution in [3.63, 3.8) is 0 Å². The van der Waals surface area contributed by atoms with Gasteiger partial charge in [0.2, 0.25) is 17.7 Å². The Morgan fingerprint density at radius 1 is 1.24 bits per heavy atom. The van der Waals surface area contributed by atoms with Crippen LogP contribution in [0.4, 0.5) is 14.5 Å². The van der Waals surface area contributed by atoms with E-state index >= 15 is 8.78 Å². The number of pyridine rings is 1. The summed E-state index contributed by atoms with van der Waals surface area (Å²) in [6.07, 6.45) is 6.59. The van der Waals surface area contributed by atoms with Crippen LogP contribution in [-0.2, 0) is 14.4 Å². The van der Waals surface area contributed by atoms with Crippen molar-refractivity contribution in [3.05, 3.63) is 24.0 Å². The number of nitrogens with zero attached hydrogens (tertiary/aromatic N) is 3. The van der Waals surface area contributed by atoms with Crippen LogP contribution in [0.25, 0.3) is 0 Å². The Kier molecular flexibility index (Phi) is 7.25. The van der Waals surface area contributed by atoms with Gasteiger partial charge in [0, 0.05) is 37.3 Å². The summed E-state index contributed by atoms with van der Waals surface area (Å²) in [5, 5.41) is 18.2. The Labute approximate surface area is 220 Å². The van der Waals surface area contributed by atoms with Crippen LogP contribution in [0, 0.1) is 36.0 Å². The van der Waals surface area contributed by atoms with Crippen molar-refractivity contribution in [1.82, 2.24) is 20.5 Å². The molecule has 2 bridgehead atoms. The lowest BCUT2D eigenvalue weighted by Gasteiger charge is -2.54. The summed E-state index contributed by atoms with van der Waals surface area (Å²) in [7, 11) is 0. The number of piperidine rings is 2. The molecular weight excluding hydrogens is 494 g/mol. The number of fused-ring (bicyclic) bond motifs is 3. The van der Waals surface area contributed by atoms with E-state index in [1.165, 1.54) is 4.90 Å². The van der Waals surface area contributed by atoms with Crippen LogP contribution in [0.1, 0.15) is 56.9 Å². The van der Waals surface area contributed by atoms with Crippen molar-refractivity contribution in [3.8, 4) is 6.07 Å². The third kappa shape index (κ3) is 5.45. The zero-order valence-electron chi connectivity index (χ0n) is 21.5. The number of carbonyl (C=O) groups excluding carboxylic acids is 3. The number of anilines is 1. The fourth-order valence-corrected chi connectivity index (χ4v) is 6.30. The minimum atomic E-state index is -3.09. The first-order valence-electron chi connectivity index (χ1n) is 13.5. The van der Waals surface area contributed by atoms with Crippen LogP contribution in [0.15, 0.2) is 18.5 Å². The van der Waals surface area contributed by atoms with Gasteiger partial charge >= 0.3 is 0 Å². The second-order valence-electron chi connectivity index (χ2n) is 11.3. The van der Waals surface area contributed by atoms with Gasteiger partial charge in [0.1, 0.15) is 18.1 Å². The molecule has 5 fully saturated rings. The van der Waals surface area contributed by atoms with Crippen LogP contribution >= 0.6 is 0 Å². The van der Waals surface area contributed by atoms with Gasteiger partial charge in [-0.05, 0) is 56.6 Å². The molecule has 3 amide bonds. The third-order valence-electron chi connectivity index (χ3n) is 8.39. The molecule has 1 aromatic rings. The normalized spacial score (nSPS) is 29.2. The Bertz CT molecular complexity index is 1140. The summed E-state index contributed by atoms with van der Waals surface area (Å²) in [6.45, 7) is 2.39. The average Bonchev–Trinajstić information content (AvgIpc) is 3.61. The predicted octanol–water partition coefficient (Wildman–Crippen LogP) is 2.52. The quantitative estimate of drug-likeness (QED) is 0.452. The molecule has 6 atom stereocenters. The number of nitrogens with one attached hydrogen (secondary N) is 3. The standard InChI is InChI=1S/C27H34F2N6O3/c1-15-8-19(14-31-13-15)33-22(9-16-2-3-16)26(38)35-20-4-5-21(27(28,29)11-20)23(35)25(37)34-18(12-30)10-17-6-7-32-24(17)36/h8,13-14,16-18,20-23,33H,2-7,9-11H2,1H3,(H,32,36)(H,34,37)/t17-,18+,20+,21+,22+,23-/m1/s1. The summed E-state index contributed by atoms with van der Waals surface area (Å²) in [5.74, 6) is -5.77. The number of aryl methyl sites for hydroxylation is 1. The van der Waals surface area contributed by atoms with Crippen molar-refractivity contribution in [2.45, 2.75) is 88.4 Å². The number of rotatable bonds is 9. The minimum absolute atomic E-state index is 0.103. The van der Waals surface area contributed by atoms with E-state index in [-0.39, 0.29) is 24.7 Å². The zero-order chi connectivity index (χ0) is 27.0. The van der Waals surface area contributed by atoms with Gasteiger partial charge in [0.25, 0.3) is 5.92 Å². The molecule has 0 spiro atoms. The molecule has 3 saturated heterocycles. The van der Waals surface area contributed by atoms with Crippen molar-refractivity contribution in [2.24, 2.45) is 17.8 Å². The smallest absolute Gasteiger partial charge is 0.255 e. The lowest BCUT2D eigenvalue weighted by atomic mass is 9.71. The van der Waals surface area contributed by atoms with Crippen LogP contribution in [0.2, 0.25) is 0 Å². The first-order valence-corrected chi connectivity index (χ1v) is 13.5. The van der Waals surface area contributed by atoms with E-state index in [2.05, 4.69) is 20.9 Å². The lowest BCUT2D eigenvalue weighted by Crippen LogP contribution is -2.70. The maximum absolute atomic E-state index is 15.1. The molecule has 38 heavy (non-hydrogen) atoms. The van der Waals surface area contributed by atoms with E-state index in [4.69, 9.17) is 0 Å². The summed E-state index contributed by atoms with van der Waals surface area (Å²) in [4.78, 5) is 45.1. The number of aromatic nitrogens is 1. The van der Waals surface area contributed by atoms with E-state index < -0.39 is 54.3 Å². The highest BCUT2D eigenvalue weighted by molar-refractivity contribution is 5.92. The minimum Gasteiger partial charge on any atom is -0.372 e. The van der Waals surface area contributed by atoms with Gasteiger partial charge in [0.05, 0.1) is 17.7 Å². The van der Waals surface area contributed by atoms with E-state index in [0.29, 0.717) is 37.4 Å². The Morgan fingerprint density at radius 3 is 2.66 bits per heavy atom. The number of halogens is 2. The fourth-order valence-electron chi connectivity index (χ4n) is 6.30. The number of nitriles is 1. The first kappa shape index (κ1) is 26.3. The molecule has 9 nitrogen and oxygen atoms in total. The van der Waals surface area contributed by atoms with Gasteiger partial charge in [-0.2, -0.15) is 5.26 Å². The summed E-state index contributed by atoms with van der Waals surface area (Å²) < 4.78 is 30.2. The second kappa shape index (κ2) is 10.5. The first-order chi connectivity index (χ1) is 18.2. The van der Waals surface area contributed by atoms with Crippen molar-refractivity contribution < 1.29 is 23.2 Å². The third-order valence-corrected chi connectivity index (χ3v) is 8.39. The molecule has 0 aromatic carbocycles. The average molecular weight is 529 g/mol. The molecule has 5 aliphatic rings. The van der Waals surface area contributed by atoms with Crippen molar-refractivity contribution in [2.75, 3.05) is 11.9 Å². The van der Waals surface area contributed by atoms with Crippen LogP contribution in [-0.4, -0.2) is 64.2 Å². The summed E-state index contributed by atoms with van der Waals surface area (Å²) >= 11 is 0. The van der Waals surface area contributed by atoms with Crippen LogP contribution in [0.3, 0.4) is 0 Å². The van der Waals surface area contributed by atoms with Gasteiger partial charge < -0.3 is 20.9 Å². The predicted molar refractivity (Wildman–Crippen MR) is 134 cm³/mol. The van der Waals surface area contributed by atoms with Gasteiger partial charge in [-0.25, -0.2) is 8.78 Å². The fraction of sp³-hybridized carbons (Fsp3) is 0.667. The van der Waals surface area contributed by atoms with E-state index in [1.807, 2.05) is 19.1 Å². The van der Waals surface area contributed by atoms with Gasteiger partial charge in [-0.1, -0.05) is 12.8 Å². The molecule has 1 aromatic heterocycles. The largest absolute Gasteiger partial charge is 0.372 e. The Balaban J connectivity index is 1.38. The number of hydrogen-bond acceptors (Lipinski definition) is 6. The molecular formula is C27H34F2N6O3. The molecule has 0 radical (unpaired) electrons. The van der Waals surface area contributed by atoms with Crippen LogP contribution < -0.4 is 16.0 Å². The van der Waals surface area contributed by atoms with Gasteiger partial charge in [-0.3, -0.25) is 19.4 Å². The SMILES string of the molecule is Cc1cncc(N[C@@H](CC2CC2)C(=O)N2[C@H]3CC[C@@H]([C@@H]2C(=O)N[C@H](C#N)C[C@H]2CCNC2=O)C(F)(F)C3)c1. The molecule has 3 N–H and O–H groups in total. The second-order valence-corrected chi connectivity index (χ2v) is 11.3. The highest BCUT2D eigenvalue weighted by atomic mass is 19.3. The summed E-state index contributed by atoms with van der Waals surface area (Å²) in [6, 6.07) is 0.0408. The van der Waals surface area contributed by atoms with Crippen molar-refractivity contribution >= 4 is 23.4 Å². The number of carbonyl (C=O) groups is 3. The molecule has 6 rings (SSSR count). The number of amides is 3. The highest BCUT2D eigenvalue weighted by Gasteiger charge is 2.61. The van der Waals surface area contributed by atoms with E-state index in [0.717, 1.165) is 18.4 Å². The Hall–Kier alpha value is -3.29. The van der Waals surface area contributed by atoms with E-state index in [1.54, 1.807) is 12.4 Å². The van der Waals surface area contributed by atoms with Crippen LogP contribution in [0.5, 0.6) is 0 Å². The molecule has 4 heterocycles. The van der Waals surface area contributed by atoms with Crippen molar-refractivity contribution in [1.29, 1.82) is 5.26 Å². The molecule has 2 aliphatic carbocycles. The molecule has 0 unspecified atom stereocenters. The number of alkyl halides is 2. The van der Waals surface area contributed by atoms with Gasteiger partial charge in [-0.15, -0.1) is 0 Å². The lowest BCUT2D eigenvalue weighted by molar-refractivity contribution is -0.194. The zero-order valence-corrected chi connectivity index (χ0v) is 21.5. The maximum atomic E-state index is 15.1. The molecule has 11 heteroatoms.